The predicted octanol–water partition coefficient (Wildman–Crippen LogP) is 5.62. The largest absolute Gasteiger partial charge is 0.497 e. The van der Waals surface area contributed by atoms with Crippen LogP contribution in [-0.4, -0.2) is 22.6 Å². The first-order valence-corrected chi connectivity index (χ1v) is 11.2. The third-order valence-electron chi connectivity index (χ3n) is 4.97. The number of anilines is 1. The summed E-state index contributed by atoms with van der Waals surface area (Å²) in [4.78, 5) is 0.121. The summed E-state index contributed by atoms with van der Waals surface area (Å²) in [6.45, 7) is 3.66. The minimum Gasteiger partial charge on any atom is -0.497 e. The van der Waals surface area contributed by atoms with Crippen LogP contribution in [0.5, 0.6) is 11.5 Å². The molecule has 0 saturated carbocycles. The number of nitrogens with zero attached hydrogens (tertiary/aromatic N) is 1. The van der Waals surface area contributed by atoms with E-state index in [2.05, 4.69) is 0 Å². The second kappa shape index (κ2) is 8.98. The average Bonchev–Trinajstić information content (AvgIpc) is 2.75. The molecule has 3 rings (SSSR count). The Balaban J connectivity index is 2.19. The van der Waals surface area contributed by atoms with Crippen molar-refractivity contribution in [3.63, 3.8) is 0 Å². The van der Waals surface area contributed by atoms with Crippen LogP contribution in [0.4, 0.5) is 5.69 Å². The van der Waals surface area contributed by atoms with E-state index in [1.165, 1.54) is 10.4 Å². The van der Waals surface area contributed by atoms with E-state index in [0.29, 0.717) is 22.2 Å². The predicted molar refractivity (Wildman–Crippen MR) is 120 cm³/mol. The van der Waals surface area contributed by atoms with E-state index in [1.54, 1.807) is 50.6 Å². The van der Waals surface area contributed by atoms with Crippen LogP contribution in [0.3, 0.4) is 0 Å². The fraction of sp³-hybridized carbons (Fsp3) is 0.217. The fourth-order valence-corrected chi connectivity index (χ4v) is 5.19. The second-order valence-electron chi connectivity index (χ2n) is 6.83. The van der Waals surface area contributed by atoms with Crippen LogP contribution in [-0.2, 0) is 10.0 Å². The smallest absolute Gasteiger partial charge is 0.264 e. The van der Waals surface area contributed by atoms with Crippen molar-refractivity contribution in [2.24, 2.45) is 0 Å². The van der Waals surface area contributed by atoms with Crippen LogP contribution in [0.25, 0.3) is 0 Å². The molecule has 3 aromatic carbocycles. The number of hydrogen-bond acceptors (Lipinski definition) is 4. The Bertz CT molecular complexity index is 1130. The number of methoxy groups -OCH3 is 2. The van der Waals surface area contributed by atoms with Crippen LogP contribution >= 0.6 is 11.6 Å². The molecule has 0 heterocycles. The van der Waals surface area contributed by atoms with Crippen LogP contribution in [0, 0.1) is 6.92 Å². The van der Waals surface area contributed by atoms with Gasteiger partial charge in [0.05, 0.1) is 30.8 Å². The van der Waals surface area contributed by atoms with Crippen LogP contribution < -0.4 is 13.8 Å². The third kappa shape index (κ3) is 4.25. The zero-order chi connectivity index (χ0) is 21.9. The van der Waals surface area contributed by atoms with Crippen molar-refractivity contribution in [2.45, 2.75) is 24.8 Å². The third-order valence-corrected chi connectivity index (χ3v) is 7.27. The first-order chi connectivity index (χ1) is 14.3. The van der Waals surface area contributed by atoms with E-state index < -0.39 is 16.1 Å². The van der Waals surface area contributed by atoms with Crippen molar-refractivity contribution < 1.29 is 17.9 Å². The van der Waals surface area contributed by atoms with E-state index in [9.17, 15) is 8.42 Å². The summed E-state index contributed by atoms with van der Waals surface area (Å²) in [6.07, 6.45) is 0. The molecule has 0 bridgehead atoms. The Hall–Kier alpha value is -2.70. The van der Waals surface area contributed by atoms with E-state index in [0.717, 1.165) is 11.1 Å². The van der Waals surface area contributed by atoms with Crippen molar-refractivity contribution >= 4 is 27.3 Å². The summed E-state index contributed by atoms with van der Waals surface area (Å²) >= 11 is 6.23. The Kier molecular flexibility index (Phi) is 6.58. The van der Waals surface area contributed by atoms with Gasteiger partial charge in [-0.1, -0.05) is 35.9 Å². The Morgan fingerprint density at radius 3 is 2.20 bits per heavy atom. The second-order valence-corrected chi connectivity index (χ2v) is 9.05. The van der Waals surface area contributed by atoms with Gasteiger partial charge in [-0.25, -0.2) is 8.42 Å². The molecule has 0 amide bonds. The average molecular weight is 446 g/mol. The van der Waals surface area contributed by atoms with Gasteiger partial charge in [-0.3, -0.25) is 4.31 Å². The van der Waals surface area contributed by atoms with Gasteiger partial charge in [0.2, 0.25) is 0 Å². The number of halogens is 1. The summed E-state index contributed by atoms with van der Waals surface area (Å²) in [5.74, 6) is 1.25. The highest BCUT2D eigenvalue weighted by Gasteiger charge is 2.32. The van der Waals surface area contributed by atoms with Gasteiger partial charge in [-0.15, -0.1) is 0 Å². The molecule has 30 heavy (non-hydrogen) atoms. The van der Waals surface area contributed by atoms with Gasteiger partial charge in [-0.2, -0.15) is 0 Å². The first-order valence-electron chi connectivity index (χ1n) is 9.37. The molecule has 3 aromatic rings. The number of rotatable bonds is 7. The Morgan fingerprint density at radius 2 is 1.60 bits per heavy atom. The lowest BCUT2D eigenvalue weighted by molar-refractivity contribution is 0.407. The molecule has 0 radical (unpaired) electrons. The van der Waals surface area contributed by atoms with Crippen molar-refractivity contribution in [1.29, 1.82) is 0 Å². The number of ether oxygens (including phenoxy) is 2. The molecular formula is C23H24ClNO4S. The molecule has 0 aliphatic rings. The van der Waals surface area contributed by atoms with E-state index in [1.807, 2.05) is 38.1 Å². The lowest BCUT2D eigenvalue weighted by Gasteiger charge is -2.31. The molecule has 0 N–H and O–H groups in total. The molecule has 158 valence electrons. The summed E-state index contributed by atoms with van der Waals surface area (Å²) in [5, 5.41) is 0.399. The van der Waals surface area contributed by atoms with E-state index in [-0.39, 0.29) is 4.90 Å². The topological polar surface area (TPSA) is 55.8 Å². The molecule has 7 heteroatoms. The molecule has 0 unspecified atom stereocenters. The highest BCUT2D eigenvalue weighted by molar-refractivity contribution is 7.92. The van der Waals surface area contributed by atoms with Gasteiger partial charge in [0, 0.05) is 10.6 Å². The lowest BCUT2D eigenvalue weighted by atomic mass is 10.1. The Labute approximate surface area is 182 Å². The number of aryl methyl sites for hydroxylation is 1. The van der Waals surface area contributed by atoms with Crippen molar-refractivity contribution in [2.75, 3.05) is 18.5 Å². The summed E-state index contributed by atoms with van der Waals surface area (Å²) < 4.78 is 39.6. The number of benzene rings is 3. The van der Waals surface area contributed by atoms with E-state index >= 15 is 0 Å². The molecule has 0 spiro atoms. The minimum absolute atomic E-state index is 0.121. The number of hydrogen-bond donors (Lipinski definition) is 0. The maximum atomic E-state index is 13.8. The molecule has 0 aliphatic heterocycles. The zero-order valence-electron chi connectivity index (χ0n) is 17.3. The maximum Gasteiger partial charge on any atom is 0.264 e. The summed E-state index contributed by atoms with van der Waals surface area (Å²) in [6, 6.07) is 18.5. The van der Waals surface area contributed by atoms with Crippen LogP contribution in [0.1, 0.15) is 24.1 Å². The summed E-state index contributed by atoms with van der Waals surface area (Å²) in [5.41, 5.74) is 2.06. The van der Waals surface area contributed by atoms with Crippen molar-refractivity contribution in [1.82, 2.24) is 0 Å². The highest BCUT2D eigenvalue weighted by Crippen LogP contribution is 2.37. The molecule has 0 aromatic heterocycles. The minimum atomic E-state index is -3.93. The number of sulfonamides is 1. The molecule has 5 nitrogen and oxygen atoms in total. The van der Waals surface area contributed by atoms with Gasteiger partial charge in [0.25, 0.3) is 10.0 Å². The number of para-hydroxylation sites is 1. The molecule has 0 fully saturated rings. The molecular weight excluding hydrogens is 422 g/mol. The molecule has 0 saturated heterocycles. The SMILES string of the molecule is COc1ccc(N([C@H](C)c2ccccc2OC)S(=O)(=O)c2ccc(C)c(Cl)c2)cc1. The van der Waals surface area contributed by atoms with Gasteiger partial charge < -0.3 is 9.47 Å². The quantitative estimate of drug-likeness (QED) is 0.473. The van der Waals surface area contributed by atoms with E-state index in [4.69, 9.17) is 21.1 Å². The molecule has 1 atom stereocenters. The first kappa shape index (κ1) is 22.0. The standard InChI is InChI=1S/C23H24ClNO4S/c1-16-9-14-20(15-22(16)24)30(26,27)25(18-10-12-19(28-3)13-11-18)17(2)21-7-5-6-8-23(21)29-4/h5-15,17H,1-4H3/t17-/m1/s1. The fourth-order valence-electron chi connectivity index (χ4n) is 3.29. The molecule has 0 aliphatic carbocycles. The van der Waals surface area contributed by atoms with Gasteiger partial charge in [-0.05, 0) is 61.9 Å². The van der Waals surface area contributed by atoms with Gasteiger partial charge in [0.1, 0.15) is 11.5 Å². The maximum absolute atomic E-state index is 13.8. The van der Waals surface area contributed by atoms with Crippen LogP contribution in [0.15, 0.2) is 71.6 Å². The van der Waals surface area contributed by atoms with Crippen molar-refractivity contribution in [3.05, 3.63) is 82.9 Å². The van der Waals surface area contributed by atoms with Gasteiger partial charge in [0.15, 0.2) is 0 Å². The highest BCUT2D eigenvalue weighted by atomic mass is 35.5. The monoisotopic (exact) mass is 445 g/mol. The normalized spacial score (nSPS) is 12.3. The summed E-state index contributed by atoms with van der Waals surface area (Å²) in [7, 11) is -0.801. The lowest BCUT2D eigenvalue weighted by Crippen LogP contribution is -2.34. The zero-order valence-corrected chi connectivity index (χ0v) is 18.9. The van der Waals surface area contributed by atoms with Crippen LogP contribution in [0.2, 0.25) is 5.02 Å². The Morgan fingerprint density at radius 1 is 0.933 bits per heavy atom. The van der Waals surface area contributed by atoms with Gasteiger partial charge >= 0.3 is 0 Å². The van der Waals surface area contributed by atoms with Crippen molar-refractivity contribution in [3.8, 4) is 11.5 Å².